The lowest BCUT2D eigenvalue weighted by Gasteiger charge is -2.21. The number of carbonyl (C=O) groups excluding carboxylic acids is 1. The molecule has 1 rings (SSSR count). The lowest BCUT2D eigenvalue weighted by atomic mass is 10.0. The average Bonchev–Trinajstić information content (AvgIpc) is 2.33. The molecule has 0 radical (unpaired) electrons. The van der Waals surface area contributed by atoms with Gasteiger partial charge < -0.3 is 15.4 Å². The highest BCUT2D eigenvalue weighted by Gasteiger charge is 2.14. The van der Waals surface area contributed by atoms with Crippen molar-refractivity contribution in [3.05, 3.63) is 29.3 Å². The number of hydrogen-bond donors (Lipinski definition) is 2. The molecule has 0 atom stereocenters. The van der Waals surface area contributed by atoms with Gasteiger partial charge in [-0.2, -0.15) is 0 Å². The lowest BCUT2D eigenvalue weighted by molar-refractivity contribution is 0.231. The van der Waals surface area contributed by atoms with E-state index in [1.807, 2.05) is 32.9 Å². The summed E-state index contributed by atoms with van der Waals surface area (Å²) in [5.74, 6) is 1.27. The Morgan fingerprint density at radius 1 is 1.30 bits per heavy atom. The van der Waals surface area contributed by atoms with Crippen molar-refractivity contribution in [2.45, 2.75) is 52.6 Å². The van der Waals surface area contributed by atoms with Crippen LogP contribution in [-0.4, -0.2) is 18.7 Å². The number of nitrogens with one attached hydrogen (secondary N) is 2. The van der Waals surface area contributed by atoms with Crippen LogP contribution in [0.2, 0.25) is 0 Å². The van der Waals surface area contributed by atoms with Gasteiger partial charge in [0.2, 0.25) is 0 Å². The van der Waals surface area contributed by atoms with Crippen LogP contribution >= 0.6 is 0 Å². The molecule has 0 heterocycles. The zero-order valence-electron chi connectivity index (χ0n) is 13.3. The number of urea groups is 1. The van der Waals surface area contributed by atoms with Gasteiger partial charge >= 0.3 is 6.03 Å². The number of methoxy groups -OCH3 is 1. The van der Waals surface area contributed by atoms with Crippen molar-refractivity contribution >= 4 is 6.03 Å². The SMILES string of the molecule is COc1cc(C(C)C)ccc1CNC(=O)NC(C)(C)C. The standard InChI is InChI=1S/C16H26N2O2/c1-11(2)12-7-8-13(14(9-12)20-6)10-17-15(19)18-16(3,4)5/h7-9,11H,10H2,1-6H3,(H2,17,18,19). The van der Waals surface area contributed by atoms with Crippen LogP contribution in [0, 0.1) is 0 Å². The average molecular weight is 278 g/mol. The molecule has 0 aliphatic heterocycles. The summed E-state index contributed by atoms with van der Waals surface area (Å²) in [4.78, 5) is 11.7. The van der Waals surface area contributed by atoms with Crippen LogP contribution in [-0.2, 0) is 6.54 Å². The van der Waals surface area contributed by atoms with E-state index in [0.29, 0.717) is 12.5 Å². The molecule has 2 amide bonds. The fourth-order valence-corrected chi connectivity index (χ4v) is 1.83. The quantitative estimate of drug-likeness (QED) is 0.886. The van der Waals surface area contributed by atoms with Gasteiger partial charge in [0.25, 0.3) is 0 Å². The first-order chi connectivity index (χ1) is 9.23. The molecule has 0 spiro atoms. The third-order valence-corrected chi connectivity index (χ3v) is 2.91. The fraction of sp³-hybridized carbons (Fsp3) is 0.562. The molecule has 1 aromatic rings. The molecule has 0 aromatic heterocycles. The van der Waals surface area contributed by atoms with Crippen molar-refractivity contribution in [1.82, 2.24) is 10.6 Å². The predicted octanol–water partition coefficient (Wildman–Crippen LogP) is 3.42. The fourth-order valence-electron chi connectivity index (χ4n) is 1.83. The highest BCUT2D eigenvalue weighted by Crippen LogP contribution is 2.24. The van der Waals surface area contributed by atoms with Crippen molar-refractivity contribution < 1.29 is 9.53 Å². The summed E-state index contributed by atoms with van der Waals surface area (Å²) in [6.45, 7) is 10.6. The summed E-state index contributed by atoms with van der Waals surface area (Å²) in [6.07, 6.45) is 0. The van der Waals surface area contributed by atoms with Crippen LogP contribution in [0.15, 0.2) is 18.2 Å². The summed E-state index contributed by atoms with van der Waals surface area (Å²) in [5, 5.41) is 5.71. The number of amides is 2. The van der Waals surface area contributed by atoms with E-state index in [0.717, 1.165) is 11.3 Å². The Balaban J connectivity index is 2.71. The van der Waals surface area contributed by atoms with Crippen molar-refractivity contribution in [2.75, 3.05) is 7.11 Å². The second-order valence-electron chi connectivity index (χ2n) is 6.28. The van der Waals surface area contributed by atoms with E-state index in [4.69, 9.17) is 4.74 Å². The van der Waals surface area contributed by atoms with Crippen LogP contribution in [0.1, 0.15) is 51.7 Å². The molecule has 0 saturated carbocycles. The first kappa shape index (κ1) is 16.3. The van der Waals surface area contributed by atoms with Crippen molar-refractivity contribution in [3.63, 3.8) is 0 Å². The Labute approximate surface area is 121 Å². The zero-order valence-corrected chi connectivity index (χ0v) is 13.3. The number of hydrogen-bond acceptors (Lipinski definition) is 2. The zero-order chi connectivity index (χ0) is 15.3. The van der Waals surface area contributed by atoms with Gasteiger partial charge in [0.1, 0.15) is 5.75 Å². The molecule has 20 heavy (non-hydrogen) atoms. The monoisotopic (exact) mass is 278 g/mol. The van der Waals surface area contributed by atoms with Gasteiger partial charge in [-0.05, 0) is 38.3 Å². The summed E-state index contributed by atoms with van der Waals surface area (Å²) in [5.41, 5.74) is 1.96. The molecule has 0 fully saturated rings. The largest absolute Gasteiger partial charge is 0.496 e. The molecule has 0 aliphatic rings. The molecule has 2 N–H and O–H groups in total. The van der Waals surface area contributed by atoms with Gasteiger partial charge in [0.15, 0.2) is 0 Å². The van der Waals surface area contributed by atoms with Gasteiger partial charge in [-0.3, -0.25) is 0 Å². The summed E-state index contributed by atoms with van der Waals surface area (Å²) >= 11 is 0. The molecule has 0 saturated heterocycles. The van der Waals surface area contributed by atoms with Gasteiger partial charge in [0.05, 0.1) is 7.11 Å². The van der Waals surface area contributed by atoms with E-state index in [9.17, 15) is 4.79 Å². The van der Waals surface area contributed by atoms with Crippen LogP contribution in [0.5, 0.6) is 5.75 Å². The third kappa shape index (κ3) is 5.11. The number of rotatable bonds is 4. The van der Waals surface area contributed by atoms with Crippen molar-refractivity contribution in [1.29, 1.82) is 0 Å². The summed E-state index contributed by atoms with van der Waals surface area (Å²) in [6, 6.07) is 5.94. The van der Waals surface area contributed by atoms with E-state index >= 15 is 0 Å². The lowest BCUT2D eigenvalue weighted by Crippen LogP contribution is -2.46. The number of carbonyl (C=O) groups is 1. The molecular weight excluding hydrogens is 252 g/mol. The Hall–Kier alpha value is -1.71. The molecule has 4 heteroatoms. The number of benzene rings is 1. The molecule has 0 unspecified atom stereocenters. The Kier molecular flexibility index (Phi) is 5.43. The molecule has 1 aromatic carbocycles. The van der Waals surface area contributed by atoms with Crippen LogP contribution in [0.4, 0.5) is 4.79 Å². The minimum absolute atomic E-state index is 0.174. The van der Waals surface area contributed by atoms with E-state index in [1.165, 1.54) is 5.56 Å². The molecule has 0 bridgehead atoms. The molecular formula is C16H26N2O2. The van der Waals surface area contributed by atoms with Crippen LogP contribution in [0.25, 0.3) is 0 Å². The van der Waals surface area contributed by atoms with Gasteiger partial charge in [0, 0.05) is 17.6 Å². The maximum atomic E-state index is 11.7. The normalized spacial score (nSPS) is 11.3. The molecule has 0 aliphatic carbocycles. The highest BCUT2D eigenvalue weighted by molar-refractivity contribution is 5.74. The minimum Gasteiger partial charge on any atom is -0.496 e. The summed E-state index contributed by atoms with van der Waals surface area (Å²) in [7, 11) is 1.65. The van der Waals surface area contributed by atoms with Gasteiger partial charge in [-0.15, -0.1) is 0 Å². The Morgan fingerprint density at radius 2 is 1.95 bits per heavy atom. The predicted molar refractivity (Wildman–Crippen MR) is 82.2 cm³/mol. The van der Waals surface area contributed by atoms with E-state index in [1.54, 1.807) is 7.11 Å². The van der Waals surface area contributed by atoms with Crippen molar-refractivity contribution in [2.24, 2.45) is 0 Å². The first-order valence-electron chi connectivity index (χ1n) is 6.96. The van der Waals surface area contributed by atoms with Gasteiger partial charge in [-0.1, -0.05) is 26.0 Å². The minimum atomic E-state index is -0.240. The second kappa shape index (κ2) is 6.64. The maximum absolute atomic E-state index is 11.7. The van der Waals surface area contributed by atoms with E-state index < -0.39 is 0 Å². The molecule has 112 valence electrons. The van der Waals surface area contributed by atoms with Crippen LogP contribution < -0.4 is 15.4 Å². The third-order valence-electron chi connectivity index (χ3n) is 2.91. The maximum Gasteiger partial charge on any atom is 0.315 e. The van der Waals surface area contributed by atoms with Crippen molar-refractivity contribution in [3.8, 4) is 5.75 Å². The second-order valence-corrected chi connectivity index (χ2v) is 6.28. The van der Waals surface area contributed by atoms with Gasteiger partial charge in [-0.25, -0.2) is 4.79 Å². The Bertz CT molecular complexity index is 462. The smallest absolute Gasteiger partial charge is 0.315 e. The van der Waals surface area contributed by atoms with E-state index in [-0.39, 0.29) is 11.6 Å². The first-order valence-corrected chi connectivity index (χ1v) is 6.96. The molecule has 4 nitrogen and oxygen atoms in total. The summed E-state index contributed by atoms with van der Waals surface area (Å²) < 4.78 is 5.40. The topological polar surface area (TPSA) is 50.4 Å². The van der Waals surface area contributed by atoms with Crippen LogP contribution in [0.3, 0.4) is 0 Å². The van der Waals surface area contributed by atoms with E-state index in [2.05, 4.69) is 30.5 Å². The number of ether oxygens (including phenoxy) is 1. The highest BCUT2D eigenvalue weighted by atomic mass is 16.5. The Morgan fingerprint density at radius 3 is 2.45 bits per heavy atom.